The molecular formula is C16H12FN3O2S2. The quantitative estimate of drug-likeness (QED) is 0.732. The number of thiazole rings is 1. The van der Waals surface area contributed by atoms with Crippen molar-refractivity contribution < 1.29 is 14.0 Å². The topological polar surface area (TPSA) is 71.1 Å². The number of hydrogen-bond acceptors (Lipinski definition) is 5. The van der Waals surface area contributed by atoms with Crippen LogP contribution in [0, 0.1) is 5.82 Å². The monoisotopic (exact) mass is 361 g/mol. The number of hydrogen-bond donors (Lipinski definition) is 2. The van der Waals surface area contributed by atoms with Crippen molar-refractivity contribution in [3.8, 4) is 10.6 Å². The van der Waals surface area contributed by atoms with Crippen LogP contribution in [-0.4, -0.2) is 23.3 Å². The molecule has 0 aliphatic rings. The number of thiophene rings is 1. The van der Waals surface area contributed by atoms with E-state index in [0.29, 0.717) is 10.7 Å². The summed E-state index contributed by atoms with van der Waals surface area (Å²) in [6.45, 7) is -0.190. The van der Waals surface area contributed by atoms with Crippen LogP contribution < -0.4 is 10.6 Å². The Morgan fingerprint density at radius 3 is 2.62 bits per heavy atom. The maximum atomic E-state index is 12.8. The van der Waals surface area contributed by atoms with Gasteiger partial charge in [-0.2, -0.15) is 0 Å². The molecule has 0 spiro atoms. The molecule has 0 saturated carbocycles. The van der Waals surface area contributed by atoms with Gasteiger partial charge in [0.2, 0.25) is 5.91 Å². The molecule has 3 rings (SSSR count). The number of carbonyl (C=O) groups is 2. The fourth-order valence-corrected chi connectivity index (χ4v) is 3.38. The Morgan fingerprint density at radius 2 is 1.92 bits per heavy atom. The molecule has 3 aromatic rings. The smallest absolute Gasteiger partial charge is 0.251 e. The number of anilines is 1. The van der Waals surface area contributed by atoms with Crippen LogP contribution in [0.5, 0.6) is 0 Å². The molecule has 0 aliphatic heterocycles. The van der Waals surface area contributed by atoms with Gasteiger partial charge in [-0.05, 0) is 35.7 Å². The molecule has 122 valence electrons. The van der Waals surface area contributed by atoms with Gasteiger partial charge in [0.15, 0.2) is 5.13 Å². The largest absolute Gasteiger partial charge is 0.343 e. The third-order valence-corrected chi connectivity index (χ3v) is 4.69. The Hall–Kier alpha value is -2.58. The van der Waals surface area contributed by atoms with Crippen molar-refractivity contribution in [2.75, 3.05) is 11.9 Å². The normalized spacial score (nSPS) is 10.4. The SMILES string of the molecule is O=C(CNC(=O)c1ccc(F)cc1)Nc1nc(-c2cccs2)cs1. The van der Waals surface area contributed by atoms with Crippen LogP contribution in [0.2, 0.25) is 0 Å². The fraction of sp³-hybridized carbons (Fsp3) is 0.0625. The first kappa shape index (κ1) is 16.3. The number of carbonyl (C=O) groups excluding carboxylic acids is 2. The molecule has 0 unspecified atom stereocenters. The number of halogens is 1. The molecule has 2 amide bonds. The van der Waals surface area contributed by atoms with Gasteiger partial charge in [0, 0.05) is 10.9 Å². The first-order chi connectivity index (χ1) is 11.6. The number of nitrogens with zero attached hydrogens (tertiary/aromatic N) is 1. The van der Waals surface area contributed by atoms with Crippen LogP contribution in [-0.2, 0) is 4.79 Å². The number of rotatable bonds is 5. The predicted octanol–water partition coefficient (Wildman–Crippen LogP) is 3.38. The summed E-state index contributed by atoms with van der Waals surface area (Å²) in [6, 6.07) is 8.98. The summed E-state index contributed by atoms with van der Waals surface area (Å²) in [4.78, 5) is 29.1. The predicted molar refractivity (Wildman–Crippen MR) is 92.8 cm³/mol. The first-order valence-corrected chi connectivity index (χ1v) is 8.71. The maximum Gasteiger partial charge on any atom is 0.251 e. The minimum atomic E-state index is -0.441. The van der Waals surface area contributed by atoms with E-state index in [9.17, 15) is 14.0 Å². The highest BCUT2D eigenvalue weighted by molar-refractivity contribution is 7.16. The summed E-state index contributed by atoms with van der Waals surface area (Å²) in [5.74, 6) is -1.24. The lowest BCUT2D eigenvalue weighted by molar-refractivity contribution is -0.115. The molecule has 0 atom stereocenters. The standard InChI is InChI=1S/C16H12FN3O2S2/c17-11-5-3-10(4-6-11)15(22)18-8-14(21)20-16-19-12(9-24-16)13-2-1-7-23-13/h1-7,9H,8H2,(H,18,22)(H,19,20,21). The molecular weight excluding hydrogens is 349 g/mol. The Balaban J connectivity index is 1.52. The summed E-state index contributed by atoms with van der Waals surface area (Å²) < 4.78 is 12.8. The van der Waals surface area contributed by atoms with Crippen molar-refractivity contribution >= 4 is 39.6 Å². The van der Waals surface area contributed by atoms with Crippen LogP contribution in [0.4, 0.5) is 9.52 Å². The molecule has 1 aromatic carbocycles. The van der Waals surface area contributed by atoms with Crippen LogP contribution in [0.15, 0.2) is 47.2 Å². The van der Waals surface area contributed by atoms with Gasteiger partial charge in [0.25, 0.3) is 5.91 Å². The number of amides is 2. The summed E-state index contributed by atoms with van der Waals surface area (Å²) in [7, 11) is 0. The van der Waals surface area contributed by atoms with Crippen molar-refractivity contribution in [1.82, 2.24) is 10.3 Å². The molecule has 0 bridgehead atoms. The van der Waals surface area contributed by atoms with Crippen LogP contribution in [0.3, 0.4) is 0 Å². The third kappa shape index (κ3) is 4.03. The van der Waals surface area contributed by atoms with Gasteiger partial charge in [-0.15, -0.1) is 22.7 Å². The lowest BCUT2D eigenvalue weighted by Crippen LogP contribution is -2.32. The zero-order valence-electron chi connectivity index (χ0n) is 12.3. The second-order valence-electron chi connectivity index (χ2n) is 4.75. The van der Waals surface area contributed by atoms with E-state index in [-0.39, 0.29) is 12.5 Å². The van der Waals surface area contributed by atoms with E-state index >= 15 is 0 Å². The Bertz CT molecular complexity index is 845. The number of aromatic nitrogens is 1. The zero-order valence-corrected chi connectivity index (χ0v) is 13.9. The summed E-state index contributed by atoms with van der Waals surface area (Å²) in [6.07, 6.45) is 0. The van der Waals surface area contributed by atoms with Gasteiger partial charge in [0.1, 0.15) is 5.82 Å². The second-order valence-corrected chi connectivity index (χ2v) is 6.56. The van der Waals surface area contributed by atoms with E-state index < -0.39 is 11.7 Å². The van der Waals surface area contributed by atoms with Gasteiger partial charge in [-0.3, -0.25) is 9.59 Å². The van der Waals surface area contributed by atoms with Crippen molar-refractivity contribution in [2.45, 2.75) is 0 Å². The van der Waals surface area contributed by atoms with E-state index in [1.165, 1.54) is 35.6 Å². The number of benzene rings is 1. The molecule has 2 heterocycles. The minimum Gasteiger partial charge on any atom is -0.343 e. The lowest BCUT2D eigenvalue weighted by atomic mass is 10.2. The maximum absolute atomic E-state index is 12.8. The minimum absolute atomic E-state index is 0.190. The first-order valence-electron chi connectivity index (χ1n) is 6.95. The second kappa shape index (κ2) is 7.33. The van der Waals surface area contributed by atoms with Gasteiger partial charge in [0.05, 0.1) is 17.1 Å². The average molecular weight is 361 g/mol. The molecule has 0 aliphatic carbocycles. The molecule has 8 heteroatoms. The summed E-state index contributed by atoms with van der Waals surface area (Å²) in [5, 5.41) is 9.40. The summed E-state index contributed by atoms with van der Waals surface area (Å²) >= 11 is 2.89. The van der Waals surface area contributed by atoms with Gasteiger partial charge >= 0.3 is 0 Å². The summed E-state index contributed by atoms with van der Waals surface area (Å²) in [5.41, 5.74) is 1.10. The number of nitrogens with one attached hydrogen (secondary N) is 2. The van der Waals surface area contributed by atoms with Crippen molar-refractivity contribution in [1.29, 1.82) is 0 Å². The molecule has 0 radical (unpaired) electrons. The molecule has 0 saturated heterocycles. The Kier molecular flexibility index (Phi) is 4.97. The third-order valence-electron chi connectivity index (χ3n) is 3.04. The highest BCUT2D eigenvalue weighted by Gasteiger charge is 2.11. The van der Waals surface area contributed by atoms with E-state index in [2.05, 4.69) is 15.6 Å². The molecule has 0 fully saturated rings. The van der Waals surface area contributed by atoms with Crippen LogP contribution >= 0.6 is 22.7 Å². The zero-order chi connectivity index (χ0) is 16.9. The van der Waals surface area contributed by atoms with E-state index in [0.717, 1.165) is 10.6 Å². The van der Waals surface area contributed by atoms with Crippen molar-refractivity contribution in [2.24, 2.45) is 0 Å². The molecule has 2 aromatic heterocycles. The molecule has 24 heavy (non-hydrogen) atoms. The highest BCUT2D eigenvalue weighted by atomic mass is 32.1. The lowest BCUT2D eigenvalue weighted by Gasteiger charge is -2.05. The average Bonchev–Trinajstić information content (AvgIpc) is 3.24. The van der Waals surface area contributed by atoms with E-state index in [1.807, 2.05) is 22.9 Å². The van der Waals surface area contributed by atoms with E-state index in [1.54, 1.807) is 11.3 Å². The fourth-order valence-electron chi connectivity index (χ4n) is 1.90. The molecule has 5 nitrogen and oxygen atoms in total. The van der Waals surface area contributed by atoms with Crippen LogP contribution in [0.25, 0.3) is 10.6 Å². The van der Waals surface area contributed by atoms with Crippen LogP contribution in [0.1, 0.15) is 10.4 Å². The molecule has 2 N–H and O–H groups in total. The Morgan fingerprint density at radius 1 is 1.12 bits per heavy atom. The van der Waals surface area contributed by atoms with Gasteiger partial charge < -0.3 is 10.6 Å². The van der Waals surface area contributed by atoms with Crippen molar-refractivity contribution in [3.63, 3.8) is 0 Å². The van der Waals surface area contributed by atoms with Gasteiger partial charge in [-0.1, -0.05) is 6.07 Å². The Labute approximate surface area is 145 Å². The van der Waals surface area contributed by atoms with E-state index in [4.69, 9.17) is 0 Å². The van der Waals surface area contributed by atoms with Gasteiger partial charge in [-0.25, -0.2) is 9.37 Å². The highest BCUT2D eigenvalue weighted by Crippen LogP contribution is 2.28. The van der Waals surface area contributed by atoms with Crippen molar-refractivity contribution in [3.05, 3.63) is 58.5 Å².